The molecule has 3 aromatic carbocycles. The molecule has 3 aromatic rings. The molecule has 0 saturated carbocycles. The summed E-state index contributed by atoms with van der Waals surface area (Å²) in [5, 5.41) is 13.2. The molecule has 224 valence electrons. The highest BCUT2D eigenvalue weighted by Crippen LogP contribution is 2.30. The Kier molecular flexibility index (Phi) is 10.3. The van der Waals surface area contributed by atoms with Gasteiger partial charge in [-0.3, -0.25) is 9.59 Å². The fraction of sp³-hybridized carbons (Fsp3) is 0.355. The third kappa shape index (κ3) is 7.69. The van der Waals surface area contributed by atoms with Crippen molar-refractivity contribution in [3.05, 3.63) is 88.9 Å². The van der Waals surface area contributed by atoms with E-state index in [4.69, 9.17) is 16.3 Å². The second-order valence-corrected chi connectivity index (χ2v) is 13.1. The van der Waals surface area contributed by atoms with E-state index in [1.165, 1.54) is 35.6 Å². The Labute approximate surface area is 252 Å². The number of carbonyl (C=O) groups is 2. The highest BCUT2D eigenvalue weighted by molar-refractivity contribution is 7.89. The SMILES string of the molecule is C[C@@H]1CN([C@H](C)CO)C(=O)Cc2cc(NC(=O)Cc3ccccc3)ccc2O[C@H]1CN(C)S(=O)(=O)c1ccc(Cl)cc1. The van der Waals surface area contributed by atoms with Crippen LogP contribution < -0.4 is 10.1 Å². The molecule has 1 heterocycles. The quantitative estimate of drug-likeness (QED) is 0.377. The number of hydrogen-bond acceptors (Lipinski definition) is 6. The molecule has 1 aliphatic heterocycles. The third-order valence-electron chi connectivity index (χ3n) is 7.37. The number of ether oxygens (including phenoxy) is 1. The van der Waals surface area contributed by atoms with Gasteiger partial charge in [0.2, 0.25) is 21.8 Å². The lowest BCUT2D eigenvalue weighted by Crippen LogP contribution is -2.48. The van der Waals surface area contributed by atoms with Gasteiger partial charge < -0.3 is 20.1 Å². The van der Waals surface area contributed by atoms with Gasteiger partial charge in [-0.1, -0.05) is 48.9 Å². The molecule has 9 nitrogen and oxygen atoms in total. The van der Waals surface area contributed by atoms with Crippen molar-refractivity contribution in [2.45, 2.75) is 43.7 Å². The number of likely N-dealkylation sites (N-methyl/N-ethyl adjacent to an activating group) is 1. The fourth-order valence-electron chi connectivity index (χ4n) is 4.85. The first-order valence-corrected chi connectivity index (χ1v) is 15.5. The van der Waals surface area contributed by atoms with E-state index in [0.717, 1.165) is 5.56 Å². The zero-order chi connectivity index (χ0) is 30.4. The summed E-state index contributed by atoms with van der Waals surface area (Å²) in [6.07, 6.45) is -0.447. The van der Waals surface area contributed by atoms with E-state index >= 15 is 0 Å². The maximum Gasteiger partial charge on any atom is 0.242 e. The van der Waals surface area contributed by atoms with Crippen molar-refractivity contribution in [2.24, 2.45) is 5.92 Å². The average Bonchev–Trinajstić information content (AvgIpc) is 3.00. The van der Waals surface area contributed by atoms with Gasteiger partial charge >= 0.3 is 0 Å². The van der Waals surface area contributed by atoms with Crippen LogP contribution in [0.4, 0.5) is 5.69 Å². The van der Waals surface area contributed by atoms with E-state index in [9.17, 15) is 23.1 Å². The summed E-state index contributed by atoms with van der Waals surface area (Å²) >= 11 is 5.95. The normalized spacial score (nSPS) is 18.3. The molecule has 1 aliphatic rings. The predicted molar refractivity (Wildman–Crippen MR) is 162 cm³/mol. The van der Waals surface area contributed by atoms with Crippen molar-refractivity contribution in [2.75, 3.05) is 32.1 Å². The number of amides is 2. The fourth-order valence-corrected chi connectivity index (χ4v) is 6.16. The molecule has 0 bridgehead atoms. The highest BCUT2D eigenvalue weighted by atomic mass is 35.5. The molecular weight excluding hydrogens is 578 g/mol. The standard InChI is InChI=1S/C31H36ClN3O6S/c1-21-18-35(22(2)20-36)31(38)17-24-16-26(33-30(37)15-23-7-5-4-6-8-23)11-14-28(24)41-29(21)19-34(3)42(39,40)27-12-9-25(32)10-13-27/h4-14,16,21-22,29,36H,15,17-20H2,1-3H3,(H,33,37)/t21-,22-,29+/m1/s1. The van der Waals surface area contributed by atoms with Crippen LogP contribution in [0.1, 0.15) is 25.0 Å². The Bertz CT molecular complexity index is 1500. The summed E-state index contributed by atoms with van der Waals surface area (Å²) in [4.78, 5) is 27.9. The summed E-state index contributed by atoms with van der Waals surface area (Å²) in [5.74, 6) is -0.268. The minimum atomic E-state index is -3.85. The van der Waals surface area contributed by atoms with Crippen LogP contribution in [-0.4, -0.2) is 73.4 Å². The van der Waals surface area contributed by atoms with E-state index in [2.05, 4.69) is 5.32 Å². The van der Waals surface area contributed by atoms with Crippen LogP contribution >= 0.6 is 11.6 Å². The number of rotatable bonds is 9. The Morgan fingerprint density at radius 3 is 2.50 bits per heavy atom. The highest BCUT2D eigenvalue weighted by Gasteiger charge is 2.33. The lowest BCUT2D eigenvalue weighted by Gasteiger charge is -2.33. The number of carbonyl (C=O) groups excluding carboxylic acids is 2. The van der Waals surface area contributed by atoms with Gasteiger partial charge in [-0.25, -0.2) is 8.42 Å². The van der Waals surface area contributed by atoms with Gasteiger partial charge in [0, 0.05) is 35.8 Å². The van der Waals surface area contributed by atoms with Crippen LogP contribution in [0, 0.1) is 5.92 Å². The predicted octanol–water partition coefficient (Wildman–Crippen LogP) is 3.99. The Morgan fingerprint density at radius 2 is 1.83 bits per heavy atom. The Hall–Kier alpha value is -3.44. The third-order valence-corrected chi connectivity index (χ3v) is 9.46. The first-order chi connectivity index (χ1) is 20.0. The molecule has 3 atom stereocenters. The average molecular weight is 614 g/mol. The summed E-state index contributed by atoms with van der Waals surface area (Å²) in [7, 11) is -2.37. The summed E-state index contributed by atoms with van der Waals surface area (Å²) in [6.45, 7) is 3.69. The molecule has 0 saturated heterocycles. The number of aliphatic hydroxyl groups excluding tert-OH is 1. The van der Waals surface area contributed by atoms with Gasteiger partial charge in [-0.15, -0.1) is 0 Å². The second kappa shape index (κ2) is 13.7. The van der Waals surface area contributed by atoms with Crippen LogP contribution in [0.3, 0.4) is 0 Å². The molecule has 0 aliphatic carbocycles. The van der Waals surface area contributed by atoms with Gasteiger partial charge in [0.1, 0.15) is 11.9 Å². The molecule has 11 heteroatoms. The van der Waals surface area contributed by atoms with E-state index in [1.807, 2.05) is 37.3 Å². The largest absolute Gasteiger partial charge is 0.488 e. The van der Waals surface area contributed by atoms with Crippen molar-refractivity contribution in [1.82, 2.24) is 9.21 Å². The second-order valence-electron chi connectivity index (χ2n) is 10.7. The molecule has 0 spiro atoms. The summed E-state index contributed by atoms with van der Waals surface area (Å²) in [6, 6.07) is 20.0. The number of anilines is 1. The van der Waals surface area contributed by atoms with Gasteiger partial charge in [-0.05, 0) is 55.0 Å². The van der Waals surface area contributed by atoms with Crippen LogP contribution in [0.5, 0.6) is 5.75 Å². The van der Waals surface area contributed by atoms with Crippen LogP contribution in [0.15, 0.2) is 77.7 Å². The van der Waals surface area contributed by atoms with Crippen LogP contribution in [-0.2, 0) is 32.5 Å². The Morgan fingerprint density at radius 1 is 1.14 bits per heavy atom. The molecule has 42 heavy (non-hydrogen) atoms. The minimum Gasteiger partial charge on any atom is -0.488 e. The van der Waals surface area contributed by atoms with Crippen molar-refractivity contribution >= 4 is 39.1 Å². The van der Waals surface area contributed by atoms with Gasteiger partial charge in [0.15, 0.2) is 0 Å². The van der Waals surface area contributed by atoms with Gasteiger partial charge in [-0.2, -0.15) is 4.31 Å². The van der Waals surface area contributed by atoms with E-state index in [-0.39, 0.29) is 55.2 Å². The zero-order valence-corrected chi connectivity index (χ0v) is 25.4. The zero-order valence-electron chi connectivity index (χ0n) is 23.9. The molecule has 0 aromatic heterocycles. The maximum absolute atomic E-state index is 13.5. The number of benzene rings is 3. The number of aliphatic hydroxyl groups is 1. The lowest BCUT2D eigenvalue weighted by atomic mass is 10.0. The first kappa shape index (κ1) is 31.5. The minimum absolute atomic E-state index is 0.0106. The summed E-state index contributed by atoms with van der Waals surface area (Å²) in [5.41, 5.74) is 1.94. The summed E-state index contributed by atoms with van der Waals surface area (Å²) < 4.78 is 34.3. The van der Waals surface area contributed by atoms with Crippen molar-refractivity contribution in [3.8, 4) is 5.75 Å². The first-order valence-electron chi connectivity index (χ1n) is 13.7. The lowest BCUT2D eigenvalue weighted by molar-refractivity contribution is -0.134. The van der Waals surface area contributed by atoms with E-state index in [0.29, 0.717) is 22.0 Å². The number of nitrogens with one attached hydrogen (secondary N) is 1. The molecule has 0 unspecified atom stereocenters. The molecule has 4 rings (SSSR count). The van der Waals surface area contributed by atoms with Crippen molar-refractivity contribution < 1.29 is 27.9 Å². The Balaban J connectivity index is 1.62. The molecule has 0 fully saturated rings. The number of hydrogen-bond donors (Lipinski definition) is 2. The smallest absolute Gasteiger partial charge is 0.242 e. The maximum atomic E-state index is 13.5. The van der Waals surface area contributed by atoms with E-state index < -0.39 is 22.2 Å². The van der Waals surface area contributed by atoms with Gasteiger partial charge in [0.25, 0.3) is 0 Å². The number of fused-ring (bicyclic) bond motifs is 1. The van der Waals surface area contributed by atoms with Gasteiger partial charge in [0.05, 0.1) is 36.9 Å². The topological polar surface area (TPSA) is 116 Å². The van der Waals surface area contributed by atoms with Crippen LogP contribution in [0.25, 0.3) is 0 Å². The van der Waals surface area contributed by atoms with Crippen LogP contribution in [0.2, 0.25) is 5.02 Å². The molecular formula is C31H36ClN3O6S. The van der Waals surface area contributed by atoms with E-state index in [1.54, 1.807) is 30.0 Å². The molecule has 2 amide bonds. The molecule has 2 N–H and O–H groups in total. The number of halogens is 1. The van der Waals surface area contributed by atoms with Crippen molar-refractivity contribution in [1.29, 1.82) is 0 Å². The molecule has 0 radical (unpaired) electrons. The number of nitrogens with zero attached hydrogens (tertiary/aromatic N) is 2. The number of sulfonamides is 1. The van der Waals surface area contributed by atoms with Crippen molar-refractivity contribution in [3.63, 3.8) is 0 Å². The monoisotopic (exact) mass is 613 g/mol.